The van der Waals surface area contributed by atoms with Crippen LogP contribution in [0.25, 0.3) is 11.0 Å². The number of esters is 1. The Bertz CT molecular complexity index is 740. The lowest BCUT2D eigenvalue weighted by Crippen LogP contribution is -2.14. The minimum atomic E-state index is -0.298. The van der Waals surface area contributed by atoms with E-state index >= 15 is 0 Å². The fourth-order valence-electron chi connectivity index (χ4n) is 2.56. The number of hydrogen-bond acceptors (Lipinski definition) is 4. The molecular formula is C16H16O4. The zero-order chi connectivity index (χ0) is 14.3. The van der Waals surface area contributed by atoms with Gasteiger partial charge >= 0.3 is 11.6 Å². The first kappa shape index (κ1) is 12.9. The van der Waals surface area contributed by atoms with E-state index in [1.807, 2.05) is 6.07 Å². The zero-order valence-corrected chi connectivity index (χ0v) is 11.6. The standard InChI is InChI=1S/C16H16O4/c1-9(2)15(17)19-10-6-7-12-11-4-3-5-13(11)16(18)20-14(12)8-10/h6-9H,3-5H2,1-2H3. The third-order valence-electron chi connectivity index (χ3n) is 3.63. The summed E-state index contributed by atoms with van der Waals surface area (Å²) < 4.78 is 10.6. The summed E-state index contributed by atoms with van der Waals surface area (Å²) >= 11 is 0. The lowest BCUT2D eigenvalue weighted by atomic mass is 10.1. The van der Waals surface area contributed by atoms with Crippen LogP contribution in [-0.2, 0) is 17.6 Å². The van der Waals surface area contributed by atoms with Crippen LogP contribution in [0.1, 0.15) is 31.4 Å². The number of ether oxygens (including phenoxy) is 1. The van der Waals surface area contributed by atoms with E-state index in [-0.39, 0.29) is 17.5 Å². The molecule has 1 aromatic heterocycles. The molecule has 20 heavy (non-hydrogen) atoms. The first-order valence-corrected chi connectivity index (χ1v) is 6.86. The summed E-state index contributed by atoms with van der Waals surface area (Å²) in [6, 6.07) is 5.24. The Kier molecular flexibility index (Phi) is 3.08. The molecule has 4 heteroatoms. The van der Waals surface area contributed by atoms with E-state index in [1.165, 1.54) is 0 Å². The van der Waals surface area contributed by atoms with Gasteiger partial charge < -0.3 is 9.15 Å². The summed E-state index contributed by atoms with van der Waals surface area (Å²) in [7, 11) is 0. The topological polar surface area (TPSA) is 56.5 Å². The second kappa shape index (κ2) is 4.78. The molecule has 1 aliphatic rings. The van der Waals surface area contributed by atoms with E-state index in [4.69, 9.17) is 9.15 Å². The van der Waals surface area contributed by atoms with Crippen molar-refractivity contribution in [3.05, 3.63) is 39.7 Å². The van der Waals surface area contributed by atoms with Crippen LogP contribution in [0, 0.1) is 5.92 Å². The van der Waals surface area contributed by atoms with E-state index in [9.17, 15) is 9.59 Å². The molecule has 104 valence electrons. The molecule has 4 nitrogen and oxygen atoms in total. The van der Waals surface area contributed by atoms with Crippen LogP contribution in [-0.4, -0.2) is 5.97 Å². The number of fused-ring (bicyclic) bond motifs is 3. The van der Waals surface area contributed by atoms with Crippen LogP contribution >= 0.6 is 0 Å². The van der Waals surface area contributed by atoms with Crippen molar-refractivity contribution >= 4 is 16.9 Å². The van der Waals surface area contributed by atoms with Crippen molar-refractivity contribution in [2.24, 2.45) is 5.92 Å². The van der Waals surface area contributed by atoms with Crippen molar-refractivity contribution in [1.82, 2.24) is 0 Å². The van der Waals surface area contributed by atoms with Crippen molar-refractivity contribution in [1.29, 1.82) is 0 Å². The average molecular weight is 272 g/mol. The summed E-state index contributed by atoms with van der Waals surface area (Å²) in [6.07, 6.45) is 2.68. The summed E-state index contributed by atoms with van der Waals surface area (Å²) in [5, 5.41) is 0.946. The van der Waals surface area contributed by atoms with Crippen LogP contribution in [0.15, 0.2) is 27.4 Å². The smallest absolute Gasteiger partial charge is 0.339 e. The number of carbonyl (C=O) groups is 1. The van der Waals surface area contributed by atoms with Gasteiger partial charge in [-0.2, -0.15) is 0 Å². The van der Waals surface area contributed by atoms with E-state index < -0.39 is 0 Å². The summed E-state index contributed by atoms with van der Waals surface area (Å²) in [5.74, 6) is -0.0807. The van der Waals surface area contributed by atoms with Crippen molar-refractivity contribution in [3.8, 4) is 5.75 Å². The largest absolute Gasteiger partial charge is 0.426 e. The van der Waals surface area contributed by atoms with Gasteiger partial charge in [-0.1, -0.05) is 13.8 Å². The molecule has 1 aromatic carbocycles. The lowest BCUT2D eigenvalue weighted by molar-refractivity contribution is -0.137. The van der Waals surface area contributed by atoms with Crippen molar-refractivity contribution in [3.63, 3.8) is 0 Å². The minimum Gasteiger partial charge on any atom is -0.426 e. The maximum Gasteiger partial charge on any atom is 0.339 e. The predicted molar refractivity (Wildman–Crippen MR) is 75.0 cm³/mol. The molecule has 0 fully saturated rings. The van der Waals surface area contributed by atoms with Gasteiger partial charge in [-0.3, -0.25) is 4.79 Å². The number of hydrogen-bond donors (Lipinski definition) is 0. The van der Waals surface area contributed by atoms with Crippen LogP contribution in [0.5, 0.6) is 5.75 Å². The molecule has 0 atom stereocenters. The van der Waals surface area contributed by atoms with E-state index in [1.54, 1.807) is 26.0 Å². The number of rotatable bonds is 2. The Morgan fingerprint density at radius 3 is 2.75 bits per heavy atom. The Labute approximate surface area is 116 Å². The Balaban J connectivity index is 2.07. The molecule has 1 aliphatic carbocycles. The highest BCUT2D eigenvalue weighted by Crippen LogP contribution is 2.29. The second-order valence-corrected chi connectivity index (χ2v) is 5.43. The zero-order valence-electron chi connectivity index (χ0n) is 11.6. The molecule has 0 saturated carbocycles. The molecule has 3 rings (SSSR count). The molecule has 0 amide bonds. The summed E-state index contributed by atoms with van der Waals surface area (Å²) in [4.78, 5) is 23.5. The quantitative estimate of drug-likeness (QED) is 0.479. The lowest BCUT2D eigenvalue weighted by Gasteiger charge is -2.08. The van der Waals surface area contributed by atoms with Crippen LogP contribution in [0.4, 0.5) is 0 Å². The second-order valence-electron chi connectivity index (χ2n) is 5.43. The normalized spacial score (nSPS) is 13.8. The van der Waals surface area contributed by atoms with Gasteiger partial charge in [0.05, 0.1) is 5.92 Å². The fourth-order valence-corrected chi connectivity index (χ4v) is 2.56. The Hall–Kier alpha value is -2.10. The van der Waals surface area contributed by atoms with Crippen molar-refractivity contribution in [2.45, 2.75) is 33.1 Å². The summed E-state index contributed by atoms with van der Waals surface area (Å²) in [6.45, 7) is 3.55. The van der Waals surface area contributed by atoms with Gasteiger partial charge in [0.15, 0.2) is 0 Å². The molecule has 0 radical (unpaired) electrons. The maximum atomic E-state index is 11.9. The highest BCUT2D eigenvalue weighted by molar-refractivity contribution is 5.84. The molecule has 0 spiro atoms. The summed E-state index contributed by atoms with van der Waals surface area (Å²) in [5.41, 5.74) is 2.10. The molecule has 1 heterocycles. The van der Waals surface area contributed by atoms with Gasteiger partial charge in [-0.15, -0.1) is 0 Å². The fraction of sp³-hybridized carbons (Fsp3) is 0.375. The number of aryl methyl sites for hydroxylation is 1. The third kappa shape index (κ3) is 2.11. The monoisotopic (exact) mass is 272 g/mol. The number of benzene rings is 1. The van der Waals surface area contributed by atoms with Gasteiger partial charge in [0.2, 0.25) is 0 Å². The SMILES string of the molecule is CC(C)C(=O)Oc1ccc2c3c(c(=O)oc2c1)CCC3. The first-order valence-electron chi connectivity index (χ1n) is 6.86. The average Bonchev–Trinajstić information content (AvgIpc) is 2.88. The molecule has 0 bridgehead atoms. The molecule has 0 aliphatic heterocycles. The van der Waals surface area contributed by atoms with Gasteiger partial charge in [0.25, 0.3) is 0 Å². The molecule has 2 aromatic rings. The molecular weight excluding hydrogens is 256 g/mol. The maximum absolute atomic E-state index is 11.9. The first-order chi connectivity index (χ1) is 9.56. The van der Waals surface area contributed by atoms with Crippen LogP contribution < -0.4 is 10.4 Å². The molecule has 0 N–H and O–H groups in total. The predicted octanol–water partition coefficient (Wildman–Crippen LogP) is 2.84. The van der Waals surface area contributed by atoms with Gasteiger partial charge in [0.1, 0.15) is 11.3 Å². The van der Waals surface area contributed by atoms with E-state index in [0.717, 1.165) is 35.8 Å². The van der Waals surface area contributed by atoms with Crippen LogP contribution in [0.2, 0.25) is 0 Å². The molecule has 0 saturated heterocycles. The third-order valence-corrected chi connectivity index (χ3v) is 3.63. The highest BCUT2D eigenvalue weighted by Gasteiger charge is 2.20. The minimum absolute atomic E-state index is 0.197. The number of carbonyl (C=O) groups excluding carboxylic acids is 1. The Morgan fingerprint density at radius 1 is 1.25 bits per heavy atom. The van der Waals surface area contributed by atoms with Gasteiger partial charge in [0, 0.05) is 17.0 Å². The van der Waals surface area contributed by atoms with Crippen molar-refractivity contribution in [2.75, 3.05) is 0 Å². The van der Waals surface area contributed by atoms with E-state index in [0.29, 0.717) is 11.3 Å². The Morgan fingerprint density at radius 2 is 2.00 bits per heavy atom. The van der Waals surface area contributed by atoms with Crippen LogP contribution in [0.3, 0.4) is 0 Å². The van der Waals surface area contributed by atoms with Gasteiger partial charge in [-0.05, 0) is 37.0 Å². The van der Waals surface area contributed by atoms with Gasteiger partial charge in [-0.25, -0.2) is 4.79 Å². The van der Waals surface area contributed by atoms with Crippen molar-refractivity contribution < 1.29 is 13.9 Å². The highest BCUT2D eigenvalue weighted by atomic mass is 16.5. The molecule has 0 unspecified atom stereocenters. The van der Waals surface area contributed by atoms with E-state index in [2.05, 4.69) is 0 Å².